The molecule has 8 atom stereocenters. The summed E-state index contributed by atoms with van der Waals surface area (Å²) in [6.45, 7) is 6.67. The first-order valence-electron chi connectivity index (χ1n) is 12.5. The van der Waals surface area contributed by atoms with Crippen LogP contribution < -0.4 is 0 Å². The Morgan fingerprint density at radius 1 is 1.09 bits per heavy atom. The summed E-state index contributed by atoms with van der Waals surface area (Å²) in [6, 6.07) is 6.90. The number of cyclic esters (lactones) is 1. The van der Waals surface area contributed by atoms with Crippen molar-refractivity contribution >= 4 is 11.5 Å². The first-order valence-corrected chi connectivity index (χ1v) is 12.5. The number of hydrogen-bond acceptors (Lipinski definition) is 2. The molecule has 0 amide bonds. The Morgan fingerprint density at radius 2 is 1.94 bits per heavy atom. The molecule has 0 radical (unpaired) electrons. The Morgan fingerprint density at radius 3 is 2.72 bits per heavy atom. The number of fused-ring (bicyclic) bond motifs is 2. The van der Waals surface area contributed by atoms with E-state index in [4.69, 9.17) is 4.74 Å². The van der Waals surface area contributed by atoms with Gasteiger partial charge in [0.25, 0.3) is 0 Å². The van der Waals surface area contributed by atoms with E-state index in [9.17, 15) is 9.18 Å². The maximum atomic E-state index is 13.7. The largest absolute Gasteiger partial charge is 0.462 e. The summed E-state index contributed by atoms with van der Waals surface area (Å²) in [6.07, 6.45) is 14.9. The molecule has 1 aromatic carbocycles. The fourth-order valence-corrected chi connectivity index (χ4v) is 7.15. The number of rotatable bonds is 3. The third-order valence-corrected chi connectivity index (χ3v) is 8.65. The molecule has 5 rings (SSSR count). The SMILES string of the molecule is CC1CC(/C=C/[C@H]2[C@H]3CC[C@H](C)C[C@@H]3C[C@H]3C(=O)O[C@H](C)[C@H]23)=CC=C1c1cccc(F)c1. The predicted octanol–water partition coefficient (Wildman–Crippen LogP) is 6.98. The number of benzene rings is 1. The van der Waals surface area contributed by atoms with Crippen LogP contribution in [0.25, 0.3) is 5.57 Å². The summed E-state index contributed by atoms with van der Waals surface area (Å²) in [5.41, 5.74) is 3.49. The third-order valence-electron chi connectivity index (χ3n) is 8.65. The first kappa shape index (κ1) is 21.7. The van der Waals surface area contributed by atoms with Crippen LogP contribution in [0.4, 0.5) is 4.39 Å². The van der Waals surface area contributed by atoms with Crippen molar-refractivity contribution in [2.45, 2.75) is 59.0 Å². The fraction of sp³-hybridized carbons (Fsp3) is 0.552. The molecule has 3 aliphatic carbocycles. The van der Waals surface area contributed by atoms with E-state index in [0.717, 1.165) is 24.3 Å². The minimum Gasteiger partial charge on any atom is -0.462 e. The molecular weight excluding hydrogens is 399 g/mol. The second kappa shape index (κ2) is 8.65. The summed E-state index contributed by atoms with van der Waals surface area (Å²) in [7, 11) is 0. The van der Waals surface area contributed by atoms with Gasteiger partial charge < -0.3 is 4.74 Å². The van der Waals surface area contributed by atoms with Crippen LogP contribution in [0, 0.1) is 47.2 Å². The number of esters is 1. The summed E-state index contributed by atoms with van der Waals surface area (Å²) in [5, 5.41) is 0. The molecule has 3 heteroatoms. The Balaban J connectivity index is 1.40. The lowest BCUT2D eigenvalue weighted by atomic mass is 9.56. The predicted molar refractivity (Wildman–Crippen MR) is 126 cm³/mol. The number of halogens is 1. The van der Waals surface area contributed by atoms with Crippen molar-refractivity contribution in [2.75, 3.05) is 0 Å². The van der Waals surface area contributed by atoms with Crippen LogP contribution in [0.3, 0.4) is 0 Å². The highest BCUT2D eigenvalue weighted by atomic mass is 19.1. The molecule has 1 aromatic rings. The Bertz CT molecular complexity index is 973. The van der Waals surface area contributed by atoms with Gasteiger partial charge in [0.15, 0.2) is 0 Å². The summed E-state index contributed by atoms with van der Waals surface area (Å²) in [5.74, 6) is 3.07. The quantitative estimate of drug-likeness (QED) is 0.480. The highest BCUT2D eigenvalue weighted by Crippen LogP contribution is 2.54. The Hall–Kier alpha value is -2.16. The van der Waals surface area contributed by atoms with Gasteiger partial charge in [-0.15, -0.1) is 0 Å². The van der Waals surface area contributed by atoms with Crippen molar-refractivity contribution in [3.8, 4) is 0 Å². The van der Waals surface area contributed by atoms with Crippen molar-refractivity contribution in [1.29, 1.82) is 0 Å². The number of carbonyl (C=O) groups is 1. The van der Waals surface area contributed by atoms with Gasteiger partial charge >= 0.3 is 5.97 Å². The molecule has 2 saturated carbocycles. The molecular formula is C29H35FO2. The van der Waals surface area contributed by atoms with E-state index in [0.29, 0.717) is 29.6 Å². The summed E-state index contributed by atoms with van der Waals surface area (Å²) >= 11 is 0. The lowest BCUT2D eigenvalue weighted by Gasteiger charge is -2.47. The van der Waals surface area contributed by atoms with Crippen molar-refractivity contribution in [3.63, 3.8) is 0 Å². The lowest BCUT2D eigenvalue weighted by Crippen LogP contribution is -2.43. The van der Waals surface area contributed by atoms with Crippen LogP contribution in [0.15, 0.2) is 54.1 Å². The molecule has 0 N–H and O–H groups in total. The highest BCUT2D eigenvalue weighted by molar-refractivity contribution is 5.75. The van der Waals surface area contributed by atoms with Crippen LogP contribution in [0.5, 0.6) is 0 Å². The standard InChI is InChI=1S/C29H35FO2/c1-17-7-10-25-22(13-17)16-27-28(19(3)32-29(27)31)26(25)12-9-20-8-11-24(18(2)14-20)21-5-4-6-23(30)15-21/h4-6,8-9,11-12,15,17-19,22,25-28H,7,10,13-14,16H2,1-3H3/b12-9+/t17-,18?,19+,22+,25-,26-,27+,28+/m0/s1. The van der Waals surface area contributed by atoms with Crippen LogP contribution in [-0.2, 0) is 9.53 Å². The van der Waals surface area contributed by atoms with Gasteiger partial charge in [0.2, 0.25) is 0 Å². The average Bonchev–Trinajstić information content (AvgIpc) is 3.04. The van der Waals surface area contributed by atoms with Crippen molar-refractivity contribution in [3.05, 3.63) is 65.5 Å². The van der Waals surface area contributed by atoms with E-state index in [1.807, 2.05) is 6.07 Å². The Labute approximate surface area is 191 Å². The van der Waals surface area contributed by atoms with Gasteiger partial charge in [-0.05, 0) is 91.0 Å². The molecule has 2 nitrogen and oxygen atoms in total. The number of allylic oxidation sites excluding steroid dienone is 6. The normalized spacial score (nSPS) is 39.2. The van der Waals surface area contributed by atoms with Gasteiger partial charge in [0.05, 0.1) is 5.92 Å². The zero-order valence-electron chi connectivity index (χ0n) is 19.5. The monoisotopic (exact) mass is 434 g/mol. The third kappa shape index (κ3) is 4.00. The molecule has 1 heterocycles. The molecule has 1 unspecified atom stereocenters. The van der Waals surface area contributed by atoms with Crippen LogP contribution >= 0.6 is 0 Å². The van der Waals surface area contributed by atoms with Crippen molar-refractivity contribution in [2.24, 2.45) is 41.4 Å². The second-order valence-electron chi connectivity index (χ2n) is 10.8. The summed E-state index contributed by atoms with van der Waals surface area (Å²) < 4.78 is 19.4. The first-order chi connectivity index (χ1) is 15.4. The second-order valence-corrected chi connectivity index (χ2v) is 10.8. The van der Waals surface area contributed by atoms with Crippen LogP contribution in [0.2, 0.25) is 0 Å². The van der Waals surface area contributed by atoms with E-state index in [-0.39, 0.29) is 23.8 Å². The minimum absolute atomic E-state index is 0.0150. The number of carbonyl (C=O) groups excluding carboxylic acids is 1. The molecule has 0 aromatic heterocycles. The van der Waals surface area contributed by atoms with Crippen molar-refractivity contribution in [1.82, 2.24) is 0 Å². The molecule has 3 fully saturated rings. The Kier molecular flexibility index (Phi) is 5.86. The van der Waals surface area contributed by atoms with E-state index < -0.39 is 0 Å². The van der Waals surface area contributed by atoms with Gasteiger partial charge in [0.1, 0.15) is 11.9 Å². The molecule has 4 aliphatic rings. The minimum atomic E-state index is -0.184. The molecule has 32 heavy (non-hydrogen) atoms. The molecule has 170 valence electrons. The summed E-state index contributed by atoms with van der Waals surface area (Å²) in [4.78, 5) is 12.6. The number of hydrogen-bond donors (Lipinski definition) is 0. The fourth-order valence-electron chi connectivity index (χ4n) is 7.15. The highest BCUT2D eigenvalue weighted by Gasteiger charge is 2.54. The van der Waals surface area contributed by atoms with Crippen LogP contribution in [0.1, 0.15) is 58.4 Å². The van der Waals surface area contributed by atoms with E-state index in [1.165, 1.54) is 36.5 Å². The van der Waals surface area contributed by atoms with Gasteiger partial charge in [-0.1, -0.05) is 56.7 Å². The molecule has 0 spiro atoms. The van der Waals surface area contributed by atoms with E-state index in [2.05, 4.69) is 45.1 Å². The maximum absolute atomic E-state index is 13.7. The van der Waals surface area contributed by atoms with Gasteiger partial charge in [0, 0.05) is 5.92 Å². The molecule has 0 bridgehead atoms. The van der Waals surface area contributed by atoms with Gasteiger partial charge in [-0.3, -0.25) is 4.79 Å². The van der Waals surface area contributed by atoms with Crippen molar-refractivity contribution < 1.29 is 13.9 Å². The van der Waals surface area contributed by atoms with Gasteiger partial charge in [-0.2, -0.15) is 0 Å². The topological polar surface area (TPSA) is 26.3 Å². The number of ether oxygens (including phenoxy) is 1. The zero-order valence-corrected chi connectivity index (χ0v) is 19.5. The smallest absolute Gasteiger partial charge is 0.309 e. The lowest BCUT2D eigenvalue weighted by molar-refractivity contribution is -0.144. The average molecular weight is 435 g/mol. The molecule has 1 aliphatic heterocycles. The molecule has 1 saturated heterocycles. The maximum Gasteiger partial charge on any atom is 0.309 e. The van der Waals surface area contributed by atoms with E-state index in [1.54, 1.807) is 12.1 Å². The van der Waals surface area contributed by atoms with Crippen LogP contribution in [-0.4, -0.2) is 12.1 Å². The zero-order chi connectivity index (χ0) is 22.4. The van der Waals surface area contributed by atoms with E-state index >= 15 is 0 Å². The van der Waals surface area contributed by atoms with Gasteiger partial charge in [-0.25, -0.2) is 4.39 Å².